The van der Waals surface area contributed by atoms with Gasteiger partial charge in [-0.25, -0.2) is 0 Å². The standard InChI is InChI=1S/C31H43N3O/c1-3-4-5-9-18-34(23(2)24-11-7-6-8-12-24)31(35)26-14-15-28-25(20-26)16-19-33-22-27-13-10-17-32-29(27)21-30(28)33/h6-8,11-12,14-15,20,23,27,29-30,32H,3-5,9-10,13,16-19,21-22H2,1-2H3/t23-,27+,29+,30-/m1/s1. The third kappa shape index (κ3) is 5.34. The molecule has 2 aromatic rings. The number of unbranched alkanes of at least 4 members (excludes halogenated alkanes) is 3. The summed E-state index contributed by atoms with van der Waals surface area (Å²) in [5.74, 6) is 0.990. The minimum absolute atomic E-state index is 0.0736. The first kappa shape index (κ1) is 24.5. The summed E-state index contributed by atoms with van der Waals surface area (Å²) >= 11 is 0. The van der Waals surface area contributed by atoms with Gasteiger partial charge in [0.05, 0.1) is 6.04 Å². The van der Waals surface area contributed by atoms with E-state index in [9.17, 15) is 4.79 Å². The van der Waals surface area contributed by atoms with Crippen LogP contribution in [0.15, 0.2) is 48.5 Å². The van der Waals surface area contributed by atoms with Crippen LogP contribution in [0.25, 0.3) is 0 Å². The summed E-state index contributed by atoms with van der Waals surface area (Å²) in [5, 5.41) is 3.80. The average molecular weight is 474 g/mol. The Labute approximate surface area is 212 Å². The van der Waals surface area contributed by atoms with Crippen molar-refractivity contribution in [1.29, 1.82) is 0 Å². The predicted octanol–water partition coefficient (Wildman–Crippen LogP) is 6.14. The Hall–Kier alpha value is -2.17. The molecule has 0 spiro atoms. The zero-order chi connectivity index (χ0) is 24.2. The molecule has 3 heterocycles. The molecule has 2 fully saturated rings. The normalized spacial score (nSPS) is 24.7. The van der Waals surface area contributed by atoms with Gasteiger partial charge in [-0.3, -0.25) is 9.69 Å². The van der Waals surface area contributed by atoms with Gasteiger partial charge in [0.2, 0.25) is 0 Å². The van der Waals surface area contributed by atoms with Gasteiger partial charge in [0.25, 0.3) is 5.91 Å². The van der Waals surface area contributed by atoms with Crippen molar-refractivity contribution < 1.29 is 4.79 Å². The second-order valence-corrected chi connectivity index (χ2v) is 11.0. The zero-order valence-corrected chi connectivity index (χ0v) is 21.7. The minimum Gasteiger partial charge on any atom is -0.332 e. The fraction of sp³-hybridized carbons (Fsp3) is 0.581. The van der Waals surface area contributed by atoms with E-state index in [1.165, 1.54) is 68.3 Å². The Morgan fingerprint density at radius 1 is 1.14 bits per heavy atom. The monoisotopic (exact) mass is 473 g/mol. The number of nitrogens with one attached hydrogen (secondary N) is 1. The molecule has 0 saturated carbocycles. The van der Waals surface area contributed by atoms with Crippen LogP contribution in [0.3, 0.4) is 0 Å². The number of carbonyl (C=O) groups excluding carboxylic acids is 1. The van der Waals surface area contributed by atoms with Crippen LogP contribution in [0.4, 0.5) is 0 Å². The molecule has 2 aromatic carbocycles. The van der Waals surface area contributed by atoms with E-state index in [0.29, 0.717) is 12.1 Å². The summed E-state index contributed by atoms with van der Waals surface area (Å²) in [6, 6.07) is 18.3. The highest BCUT2D eigenvalue weighted by Gasteiger charge is 2.39. The second kappa shape index (κ2) is 11.3. The first-order valence-electron chi connectivity index (χ1n) is 14.1. The number of fused-ring (bicyclic) bond motifs is 4. The summed E-state index contributed by atoms with van der Waals surface area (Å²) in [6.45, 7) is 8.75. The van der Waals surface area contributed by atoms with E-state index >= 15 is 0 Å². The SMILES string of the molecule is CCCCCCN(C(=O)c1ccc2c(c1)CCN1C[C@@H]3CCCN[C@H]3C[C@H]21)[C@H](C)c1ccccc1. The number of carbonyl (C=O) groups is 1. The number of amides is 1. The molecule has 0 aliphatic carbocycles. The van der Waals surface area contributed by atoms with Gasteiger partial charge in [-0.1, -0.05) is 62.6 Å². The van der Waals surface area contributed by atoms with Crippen LogP contribution in [-0.2, 0) is 6.42 Å². The molecule has 4 atom stereocenters. The molecule has 35 heavy (non-hydrogen) atoms. The van der Waals surface area contributed by atoms with E-state index in [1.54, 1.807) is 0 Å². The Balaban J connectivity index is 1.35. The van der Waals surface area contributed by atoms with E-state index in [-0.39, 0.29) is 11.9 Å². The maximum absolute atomic E-state index is 13.9. The van der Waals surface area contributed by atoms with Crippen molar-refractivity contribution in [1.82, 2.24) is 15.1 Å². The lowest BCUT2D eigenvalue weighted by Crippen LogP contribution is -2.54. The lowest BCUT2D eigenvalue weighted by atomic mass is 9.77. The Kier molecular flexibility index (Phi) is 7.89. The van der Waals surface area contributed by atoms with E-state index < -0.39 is 0 Å². The van der Waals surface area contributed by atoms with Gasteiger partial charge >= 0.3 is 0 Å². The second-order valence-electron chi connectivity index (χ2n) is 11.0. The largest absolute Gasteiger partial charge is 0.332 e. The molecule has 1 amide bonds. The number of hydrogen-bond acceptors (Lipinski definition) is 3. The molecule has 0 bridgehead atoms. The van der Waals surface area contributed by atoms with Crippen molar-refractivity contribution in [3.8, 4) is 0 Å². The van der Waals surface area contributed by atoms with Crippen LogP contribution in [0.5, 0.6) is 0 Å². The van der Waals surface area contributed by atoms with Crippen molar-refractivity contribution in [2.45, 2.75) is 83.3 Å². The molecule has 2 saturated heterocycles. The molecule has 3 aliphatic rings. The van der Waals surface area contributed by atoms with Gasteiger partial charge in [0.15, 0.2) is 0 Å². The first-order valence-corrected chi connectivity index (χ1v) is 14.1. The molecule has 1 N–H and O–H groups in total. The number of nitrogens with zero attached hydrogens (tertiary/aromatic N) is 2. The number of hydrogen-bond donors (Lipinski definition) is 1. The van der Waals surface area contributed by atoms with Gasteiger partial charge in [0.1, 0.15) is 0 Å². The molecular formula is C31H43N3O. The number of rotatable bonds is 8. The van der Waals surface area contributed by atoms with Crippen LogP contribution >= 0.6 is 0 Å². The van der Waals surface area contributed by atoms with Crippen molar-refractivity contribution in [3.05, 3.63) is 70.8 Å². The van der Waals surface area contributed by atoms with Gasteiger partial charge < -0.3 is 10.2 Å². The molecule has 0 radical (unpaired) electrons. The van der Waals surface area contributed by atoms with Crippen LogP contribution in [0.1, 0.15) is 97.9 Å². The van der Waals surface area contributed by atoms with E-state index in [2.05, 4.69) is 71.4 Å². The molecule has 0 unspecified atom stereocenters. The Morgan fingerprint density at radius 2 is 2.00 bits per heavy atom. The summed E-state index contributed by atoms with van der Waals surface area (Å²) in [7, 11) is 0. The molecule has 5 rings (SSSR count). The lowest BCUT2D eigenvalue weighted by molar-refractivity contribution is 0.0550. The van der Waals surface area contributed by atoms with Crippen molar-refractivity contribution in [3.63, 3.8) is 0 Å². The van der Waals surface area contributed by atoms with Gasteiger partial charge in [-0.2, -0.15) is 0 Å². The van der Waals surface area contributed by atoms with Gasteiger partial charge in [0, 0.05) is 37.3 Å². The lowest BCUT2D eigenvalue weighted by Gasteiger charge is -2.49. The fourth-order valence-corrected chi connectivity index (χ4v) is 6.70. The van der Waals surface area contributed by atoms with Crippen molar-refractivity contribution in [2.75, 3.05) is 26.2 Å². The zero-order valence-electron chi connectivity index (χ0n) is 21.7. The third-order valence-electron chi connectivity index (χ3n) is 8.79. The van der Waals surface area contributed by atoms with E-state index in [0.717, 1.165) is 37.4 Å². The third-order valence-corrected chi connectivity index (χ3v) is 8.79. The van der Waals surface area contributed by atoms with Crippen LogP contribution in [-0.4, -0.2) is 47.9 Å². The number of benzene rings is 2. The highest BCUT2D eigenvalue weighted by Crippen LogP contribution is 2.41. The van der Waals surface area contributed by atoms with Crippen molar-refractivity contribution in [2.24, 2.45) is 5.92 Å². The average Bonchev–Trinajstić information content (AvgIpc) is 2.91. The minimum atomic E-state index is 0.0736. The van der Waals surface area contributed by atoms with E-state index in [4.69, 9.17) is 0 Å². The first-order chi connectivity index (χ1) is 17.2. The summed E-state index contributed by atoms with van der Waals surface area (Å²) in [4.78, 5) is 18.7. The summed E-state index contributed by atoms with van der Waals surface area (Å²) in [5.41, 5.74) is 4.93. The maximum Gasteiger partial charge on any atom is 0.254 e. The summed E-state index contributed by atoms with van der Waals surface area (Å²) in [6.07, 6.45) is 9.64. The molecule has 4 nitrogen and oxygen atoms in total. The molecule has 188 valence electrons. The Morgan fingerprint density at radius 3 is 2.83 bits per heavy atom. The van der Waals surface area contributed by atoms with Crippen LogP contribution in [0.2, 0.25) is 0 Å². The number of piperidine rings is 2. The van der Waals surface area contributed by atoms with E-state index in [1.807, 2.05) is 6.07 Å². The highest BCUT2D eigenvalue weighted by molar-refractivity contribution is 5.94. The maximum atomic E-state index is 13.9. The molecular weight excluding hydrogens is 430 g/mol. The van der Waals surface area contributed by atoms with Crippen molar-refractivity contribution >= 4 is 5.91 Å². The Bertz CT molecular complexity index is 990. The highest BCUT2D eigenvalue weighted by atomic mass is 16.2. The van der Waals surface area contributed by atoms with Gasteiger partial charge in [-0.15, -0.1) is 0 Å². The van der Waals surface area contributed by atoms with Crippen LogP contribution < -0.4 is 5.32 Å². The molecule has 3 aliphatic heterocycles. The van der Waals surface area contributed by atoms with Crippen LogP contribution in [0, 0.1) is 5.92 Å². The topological polar surface area (TPSA) is 35.6 Å². The predicted molar refractivity (Wildman–Crippen MR) is 144 cm³/mol. The molecule has 4 heteroatoms. The quantitative estimate of drug-likeness (QED) is 0.468. The smallest absolute Gasteiger partial charge is 0.254 e. The van der Waals surface area contributed by atoms with Gasteiger partial charge in [-0.05, 0) is 80.3 Å². The summed E-state index contributed by atoms with van der Waals surface area (Å²) < 4.78 is 0. The molecule has 0 aromatic heterocycles. The fourth-order valence-electron chi connectivity index (χ4n) is 6.70.